The van der Waals surface area contributed by atoms with Crippen molar-refractivity contribution in [3.05, 3.63) is 50.6 Å². The number of halogens is 1. The molecule has 1 amide bonds. The third-order valence-electron chi connectivity index (χ3n) is 6.10. The summed E-state index contributed by atoms with van der Waals surface area (Å²) in [6.45, 7) is 8.56. The monoisotopic (exact) mass is 562 g/mol. The van der Waals surface area contributed by atoms with E-state index in [-0.39, 0.29) is 23.7 Å². The fourth-order valence-corrected chi connectivity index (χ4v) is 6.69. The molecule has 37 heavy (non-hydrogen) atoms. The number of amides is 1. The number of fused-ring (bicyclic) bond motifs is 1. The number of nitrogens with zero attached hydrogens (tertiary/aromatic N) is 3. The number of aryl methyl sites for hydroxylation is 2. The molecule has 1 N–H and O–H groups in total. The van der Waals surface area contributed by atoms with Crippen LogP contribution >= 0.6 is 34.7 Å². The van der Waals surface area contributed by atoms with Crippen molar-refractivity contribution in [2.75, 3.05) is 17.7 Å². The van der Waals surface area contributed by atoms with E-state index in [1.54, 1.807) is 13.0 Å². The van der Waals surface area contributed by atoms with Gasteiger partial charge in [0, 0.05) is 16.4 Å². The van der Waals surface area contributed by atoms with Crippen LogP contribution in [0.5, 0.6) is 5.75 Å². The summed E-state index contributed by atoms with van der Waals surface area (Å²) >= 11 is 8.84. The standard InChI is InChI=1S/C26H31ClN4O4S2/c1-5-31-23(16(4)35-19-12-11-17(27)13-15(19)3)29-30-26(31)36-14-21(32)28-24-22(25(33)34-6-2)18-9-7-8-10-20(18)37-24/h11-13,16H,5-10,14H2,1-4H3,(H,28,32). The number of nitrogens with one attached hydrogen (secondary N) is 1. The maximum atomic E-state index is 12.9. The van der Waals surface area contributed by atoms with Crippen LogP contribution in [-0.4, -0.2) is 39.0 Å². The molecule has 4 rings (SSSR count). The molecule has 3 aromatic rings. The second kappa shape index (κ2) is 12.3. The van der Waals surface area contributed by atoms with Crippen LogP contribution in [0.1, 0.15) is 71.9 Å². The second-order valence-corrected chi connectivity index (χ2v) is 11.2. The normalized spacial score (nSPS) is 13.6. The average Bonchev–Trinajstić information content (AvgIpc) is 3.45. The molecule has 0 saturated carbocycles. The summed E-state index contributed by atoms with van der Waals surface area (Å²) in [7, 11) is 0. The minimum atomic E-state index is -0.370. The molecule has 1 aromatic carbocycles. The zero-order chi connectivity index (χ0) is 26.5. The van der Waals surface area contributed by atoms with Gasteiger partial charge in [-0.15, -0.1) is 21.5 Å². The lowest BCUT2D eigenvalue weighted by molar-refractivity contribution is -0.113. The van der Waals surface area contributed by atoms with Gasteiger partial charge in [-0.1, -0.05) is 23.4 Å². The highest BCUT2D eigenvalue weighted by molar-refractivity contribution is 7.99. The Labute approximate surface area is 230 Å². The van der Waals surface area contributed by atoms with Gasteiger partial charge < -0.3 is 19.4 Å². The summed E-state index contributed by atoms with van der Waals surface area (Å²) in [4.78, 5) is 26.7. The van der Waals surface area contributed by atoms with Crippen molar-refractivity contribution in [2.24, 2.45) is 0 Å². The quantitative estimate of drug-likeness (QED) is 0.230. The SMILES string of the molecule is CCOC(=O)c1c(NC(=O)CSc2nnc(C(C)Oc3ccc(Cl)cc3C)n2CC)sc2c1CCCC2. The van der Waals surface area contributed by atoms with Crippen LogP contribution in [0.2, 0.25) is 5.02 Å². The lowest BCUT2D eigenvalue weighted by Crippen LogP contribution is -2.17. The summed E-state index contributed by atoms with van der Waals surface area (Å²) in [6.07, 6.45) is 3.54. The van der Waals surface area contributed by atoms with E-state index in [9.17, 15) is 9.59 Å². The van der Waals surface area contributed by atoms with E-state index in [2.05, 4.69) is 15.5 Å². The molecule has 0 radical (unpaired) electrons. The van der Waals surface area contributed by atoms with Gasteiger partial charge in [-0.3, -0.25) is 4.79 Å². The van der Waals surface area contributed by atoms with Gasteiger partial charge in [0.25, 0.3) is 0 Å². The van der Waals surface area contributed by atoms with Gasteiger partial charge in [-0.25, -0.2) is 4.79 Å². The number of hydrogen-bond donors (Lipinski definition) is 1. The van der Waals surface area contributed by atoms with Crippen molar-refractivity contribution in [3.63, 3.8) is 0 Å². The Hall–Kier alpha value is -2.56. The highest BCUT2D eigenvalue weighted by Crippen LogP contribution is 2.39. The third kappa shape index (κ3) is 6.30. The van der Waals surface area contributed by atoms with E-state index >= 15 is 0 Å². The average molecular weight is 563 g/mol. The zero-order valence-electron chi connectivity index (χ0n) is 21.4. The first-order chi connectivity index (χ1) is 17.8. The van der Waals surface area contributed by atoms with E-state index in [1.807, 2.05) is 37.5 Å². The topological polar surface area (TPSA) is 95.3 Å². The molecule has 1 unspecified atom stereocenters. The maximum Gasteiger partial charge on any atom is 0.341 e. The second-order valence-electron chi connectivity index (χ2n) is 8.73. The minimum Gasteiger partial charge on any atom is -0.482 e. The summed E-state index contributed by atoms with van der Waals surface area (Å²) in [5.41, 5.74) is 2.48. The lowest BCUT2D eigenvalue weighted by atomic mass is 9.95. The summed E-state index contributed by atoms with van der Waals surface area (Å²) in [5, 5.41) is 13.5. The molecule has 1 aliphatic carbocycles. The Morgan fingerprint density at radius 1 is 1.24 bits per heavy atom. The molecular weight excluding hydrogens is 532 g/mol. The van der Waals surface area contributed by atoms with Crippen molar-refractivity contribution in [1.29, 1.82) is 0 Å². The zero-order valence-corrected chi connectivity index (χ0v) is 23.8. The summed E-state index contributed by atoms with van der Waals surface area (Å²) in [5.74, 6) is 0.962. The summed E-state index contributed by atoms with van der Waals surface area (Å²) in [6, 6.07) is 5.48. The van der Waals surface area contributed by atoms with Crippen LogP contribution in [0.4, 0.5) is 5.00 Å². The number of carbonyl (C=O) groups excluding carboxylic acids is 2. The number of thiophene rings is 1. The smallest absolute Gasteiger partial charge is 0.341 e. The number of thioether (sulfide) groups is 1. The van der Waals surface area contributed by atoms with Crippen LogP contribution < -0.4 is 10.1 Å². The first-order valence-corrected chi connectivity index (χ1v) is 14.6. The fourth-order valence-electron chi connectivity index (χ4n) is 4.36. The van der Waals surface area contributed by atoms with Crippen LogP contribution in [0.25, 0.3) is 0 Å². The van der Waals surface area contributed by atoms with Crippen LogP contribution in [0.3, 0.4) is 0 Å². The van der Waals surface area contributed by atoms with Crippen LogP contribution in [0.15, 0.2) is 23.4 Å². The van der Waals surface area contributed by atoms with E-state index in [4.69, 9.17) is 21.1 Å². The van der Waals surface area contributed by atoms with E-state index in [0.717, 1.165) is 47.4 Å². The van der Waals surface area contributed by atoms with Crippen molar-refractivity contribution < 1.29 is 19.1 Å². The molecule has 11 heteroatoms. The van der Waals surface area contributed by atoms with Crippen LogP contribution in [-0.2, 0) is 28.9 Å². The number of anilines is 1. The molecule has 0 fully saturated rings. The molecule has 198 valence electrons. The molecule has 0 saturated heterocycles. The van der Waals surface area contributed by atoms with Gasteiger partial charge in [0.15, 0.2) is 17.1 Å². The van der Waals surface area contributed by atoms with Gasteiger partial charge in [-0.05, 0) is 82.7 Å². The number of esters is 1. The minimum absolute atomic E-state index is 0.133. The van der Waals surface area contributed by atoms with Gasteiger partial charge in [0.1, 0.15) is 10.8 Å². The Bertz CT molecular complexity index is 1290. The Morgan fingerprint density at radius 3 is 2.76 bits per heavy atom. The van der Waals surface area contributed by atoms with E-state index < -0.39 is 0 Å². The summed E-state index contributed by atoms with van der Waals surface area (Å²) < 4.78 is 13.4. The number of aromatic nitrogens is 3. The molecule has 1 aliphatic rings. The molecule has 1 atom stereocenters. The van der Waals surface area contributed by atoms with E-state index in [0.29, 0.717) is 39.7 Å². The highest BCUT2D eigenvalue weighted by atomic mass is 35.5. The van der Waals surface area contributed by atoms with E-state index in [1.165, 1.54) is 23.1 Å². The molecule has 2 heterocycles. The molecule has 0 aliphatic heterocycles. The molecule has 0 spiro atoms. The number of rotatable bonds is 10. The number of carbonyl (C=O) groups is 2. The lowest BCUT2D eigenvalue weighted by Gasteiger charge is -2.17. The molecular formula is C26H31ClN4O4S2. The molecule has 0 bridgehead atoms. The molecule has 2 aromatic heterocycles. The molecule has 8 nitrogen and oxygen atoms in total. The maximum absolute atomic E-state index is 12.9. The van der Waals surface area contributed by atoms with Crippen molar-refractivity contribution in [2.45, 2.75) is 71.2 Å². The van der Waals surface area contributed by atoms with Crippen molar-refractivity contribution in [3.8, 4) is 5.75 Å². The van der Waals surface area contributed by atoms with Gasteiger partial charge >= 0.3 is 5.97 Å². The first kappa shape index (κ1) is 27.5. The predicted molar refractivity (Wildman–Crippen MR) is 147 cm³/mol. The third-order valence-corrected chi connectivity index (χ3v) is 8.51. The highest BCUT2D eigenvalue weighted by Gasteiger charge is 2.27. The Balaban J connectivity index is 1.44. The number of hydrogen-bond acceptors (Lipinski definition) is 8. The Morgan fingerprint density at radius 2 is 2.03 bits per heavy atom. The number of benzene rings is 1. The first-order valence-electron chi connectivity index (χ1n) is 12.4. The van der Waals surface area contributed by atoms with Crippen LogP contribution in [0, 0.1) is 6.92 Å². The van der Waals surface area contributed by atoms with Crippen molar-refractivity contribution in [1.82, 2.24) is 14.8 Å². The van der Waals surface area contributed by atoms with Gasteiger partial charge in [-0.2, -0.15) is 0 Å². The predicted octanol–water partition coefficient (Wildman–Crippen LogP) is 6.25. The van der Waals surface area contributed by atoms with Crippen molar-refractivity contribution >= 4 is 51.6 Å². The van der Waals surface area contributed by atoms with Gasteiger partial charge in [0.05, 0.1) is 17.9 Å². The fraction of sp³-hybridized carbons (Fsp3) is 0.462. The Kier molecular flexibility index (Phi) is 9.15. The largest absolute Gasteiger partial charge is 0.482 e. The number of ether oxygens (including phenoxy) is 2. The van der Waals surface area contributed by atoms with Gasteiger partial charge in [0.2, 0.25) is 5.91 Å².